The van der Waals surface area contributed by atoms with E-state index in [1.807, 2.05) is 6.07 Å². The van der Waals surface area contributed by atoms with Crippen molar-refractivity contribution >= 4 is 23.2 Å². The first-order chi connectivity index (χ1) is 12.3. The van der Waals surface area contributed by atoms with E-state index in [0.29, 0.717) is 17.8 Å². The fourth-order valence-corrected chi connectivity index (χ4v) is 2.89. The van der Waals surface area contributed by atoms with Crippen LogP contribution in [0.25, 0.3) is 0 Å². The van der Waals surface area contributed by atoms with Crippen molar-refractivity contribution in [3.05, 3.63) is 72.3 Å². The molecule has 0 bridgehead atoms. The van der Waals surface area contributed by atoms with Gasteiger partial charge in [-0.15, -0.1) is 0 Å². The molecule has 134 valence electrons. The van der Waals surface area contributed by atoms with Crippen LogP contribution in [0.15, 0.2) is 61.2 Å². The van der Waals surface area contributed by atoms with Crippen LogP contribution in [0.5, 0.6) is 0 Å². The number of fused-ring (bicyclic) bond motifs is 1. The first-order valence-corrected chi connectivity index (χ1v) is 7.83. The Kier molecular flexibility index (Phi) is 4.54. The Bertz CT molecular complexity index is 860. The molecule has 1 unspecified atom stereocenters. The third-order valence-corrected chi connectivity index (χ3v) is 4.13. The van der Waals surface area contributed by atoms with Gasteiger partial charge in [-0.05, 0) is 42.0 Å². The van der Waals surface area contributed by atoms with E-state index in [1.54, 1.807) is 18.2 Å². The molecule has 2 aromatic carbocycles. The van der Waals surface area contributed by atoms with Gasteiger partial charge in [0.2, 0.25) is 5.91 Å². The maximum atomic E-state index is 12.9. The second-order valence-electron chi connectivity index (χ2n) is 5.82. The maximum absolute atomic E-state index is 12.9. The van der Waals surface area contributed by atoms with E-state index in [4.69, 9.17) is 0 Å². The molecular weight excluding hydrogens is 345 g/mol. The first kappa shape index (κ1) is 17.7. The summed E-state index contributed by atoms with van der Waals surface area (Å²) in [5, 5.41) is 2.57. The number of hydrogen-bond acceptors (Lipinski definition) is 2. The number of anilines is 2. The van der Waals surface area contributed by atoms with Crippen LogP contribution >= 0.6 is 0 Å². The Balaban J connectivity index is 2.02. The molecule has 1 atom stereocenters. The molecule has 1 aliphatic rings. The van der Waals surface area contributed by atoms with Crippen molar-refractivity contribution in [2.75, 3.05) is 4.90 Å². The van der Waals surface area contributed by atoms with Gasteiger partial charge in [0.25, 0.3) is 5.91 Å². The Morgan fingerprint density at radius 1 is 1.15 bits per heavy atom. The molecule has 0 spiro atoms. The van der Waals surface area contributed by atoms with Crippen molar-refractivity contribution in [1.29, 1.82) is 0 Å². The molecule has 2 amide bonds. The molecule has 3 rings (SSSR count). The van der Waals surface area contributed by atoms with E-state index in [0.717, 1.165) is 23.8 Å². The summed E-state index contributed by atoms with van der Waals surface area (Å²) in [6, 6.07) is 10.6. The van der Waals surface area contributed by atoms with Crippen LogP contribution in [0.2, 0.25) is 0 Å². The van der Waals surface area contributed by atoms with E-state index in [1.165, 1.54) is 17.0 Å². The van der Waals surface area contributed by atoms with Gasteiger partial charge in [-0.3, -0.25) is 14.5 Å². The van der Waals surface area contributed by atoms with Crippen molar-refractivity contribution in [2.24, 2.45) is 0 Å². The van der Waals surface area contributed by atoms with Gasteiger partial charge in [0.15, 0.2) is 0 Å². The summed E-state index contributed by atoms with van der Waals surface area (Å²) in [7, 11) is 0. The quantitative estimate of drug-likeness (QED) is 0.851. The van der Waals surface area contributed by atoms with Crippen LogP contribution in [0.1, 0.15) is 11.1 Å². The van der Waals surface area contributed by atoms with Crippen molar-refractivity contribution in [1.82, 2.24) is 5.32 Å². The van der Waals surface area contributed by atoms with Crippen LogP contribution in [0, 0.1) is 0 Å². The average molecular weight is 360 g/mol. The molecule has 2 aromatic rings. The molecule has 0 saturated heterocycles. The molecule has 0 radical (unpaired) electrons. The minimum atomic E-state index is -4.46. The number of carbonyl (C=O) groups excluding carboxylic acids is 2. The predicted molar refractivity (Wildman–Crippen MR) is 90.9 cm³/mol. The third-order valence-electron chi connectivity index (χ3n) is 4.13. The van der Waals surface area contributed by atoms with E-state index in [2.05, 4.69) is 11.9 Å². The van der Waals surface area contributed by atoms with Gasteiger partial charge >= 0.3 is 6.18 Å². The van der Waals surface area contributed by atoms with Crippen molar-refractivity contribution in [2.45, 2.75) is 18.6 Å². The van der Waals surface area contributed by atoms with Gasteiger partial charge in [0, 0.05) is 12.1 Å². The molecule has 7 heteroatoms. The molecule has 26 heavy (non-hydrogen) atoms. The maximum Gasteiger partial charge on any atom is 0.416 e. The van der Waals surface area contributed by atoms with Gasteiger partial charge in [-0.25, -0.2) is 0 Å². The van der Waals surface area contributed by atoms with Crippen molar-refractivity contribution < 1.29 is 22.8 Å². The second kappa shape index (κ2) is 6.67. The number of alkyl halides is 3. The lowest BCUT2D eigenvalue weighted by atomic mass is 9.96. The standard InChI is InChI=1S/C19H15F3N2O2/c1-2-17(25)23-15-11-12-5-3-4-6-16(12)24(18(15)26)14-9-7-13(8-10-14)19(20,21)22/h2-10,15H,1,11H2,(H,23,25). The van der Waals surface area contributed by atoms with Gasteiger partial charge in [0.1, 0.15) is 6.04 Å². The molecule has 1 N–H and O–H groups in total. The van der Waals surface area contributed by atoms with Crippen LogP contribution in [0.4, 0.5) is 24.5 Å². The number of benzene rings is 2. The van der Waals surface area contributed by atoms with Crippen molar-refractivity contribution in [3.63, 3.8) is 0 Å². The molecule has 1 aliphatic heterocycles. The number of rotatable bonds is 3. The number of hydrogen-bond donors (Lipinski definition) is 1. The number of halogens is 3. The lowest BCUT2D eigenvalue weighted by molar-refractivity contribution is -0.137. The van der Waals surface area contributed by atoms with Gasteiger partial charge in [-0.1, -0.05) is 24.8 Å². The van der Waals surface area contributed by atoms with E-state index < -0.39 is 29.6 Å². The molecule has 1 heterocycles. The molecule has 0 aliphatic carbocycles. The minimum absolute atomic E-state index is 0.297. The smallest absolute Gasteiger partial charge is 0.340 e. The van der Waals surface area contributed by atoms with Crippen LogP contribution in [-0.4, -0.2) is 17.9 Å². The fourth-order valence-electron chi connectivity index (χ4n) is 2.89. The van der Waals surface area contributed by atoms with Gasteiger partial charge < -0.3 is 5.32 Å². The Labute approximate surface area is 147 Å². The topological polar surface area (TPSA) is 49.4 Å². The monoisotopic (exact) mass is 360 g/mol. The van der Waals surface area contributed by atoms with E-state index in [-0.39, 0.29) is 0 Å². The third kappa shape index (κ3) is 3.33. The zero-order valence-electron chi connectivity index (χ0n) is 13.6. The summed E-state index contributed by atoms with van der Waals surface area (Å²) in [5.41, 5.74) is 0.895. The summed E-state index contributed by atoms with van der Waals surface area (Å²) >= 11 is 0. The summed E-state index contributed by atoms with van der Waals surface area (Å²) in [6.45, 7) is 3.36. The highest BCUT2D eigenvalue weighted by molar-refractivity contribution is 6.07. The van der Waals surface area contributed by atoms with Crippen LogP contribution in [-0.2, 0) is 22.2 Å². The number of nitrogens with zero attached hydrogens (tertiary/aromatic N) is 1. The lowest BCUT2D eigenvalue weighted by Crippen LogP contribution is -2.51. The number of carbonyl (C=O) groups is 2. The first-order valence-electron chi connectivity index (χ1n) is 7.83. The number of amides is 2. The molecular formula is C19H15F3N2O2. The van der Waals surface area contributed by atoms with Gasteiger partial charge in [0.05, 0.1) is 11.3 Å². The lowest BCUT2D eigenvalue weighted by Gasteiger charge is -2.34. The Hall–Kier alpha value is -3.09. The SMILES string of the molecule is C=CC(=O)NC1Cc2ccccc2N(c2ccc(C(F)(F)F)cc2)C1=O. The van der Waals surface area contributed by atoms with E-state index >= 15 is 0 Å². The predicted octanol–water partition coefficient (Wildman–Crippen LogP) is 3.60. The summed E-state index contributed by atoms with van der Waals surface area (Å²) in [4.78, 5) is 25.8. The Morgan fingerprint density at radius 2 is 1.81 bits per heavy atom. The van der Waals surface area contributed by atoms with Crippen LogP contribution < -0.4 is 10.2 Å². The summed E-state index contributed by atoms with van der Waals surface area (Å²) in [6.07, 6.45) is -3.09. The number of para-hydroxylation sites is 1. The molecule has 0 fully saturated rings. The zero-order valence-corrected chi connectivity index (χ0v) is 13.6. The van der Waals surface area contributed by atoms with Gasteiger partial charge in [-0.2, -0.15) is 13.2 Å². The van der Waals surface area contributed by atoms with E-state index in [9.17, 15) is 22.8 Å². The highest BCUT2D eigenvalue weighted by Gasteiger charge is 2.35. The highest BCUT2D eigenvalue weighted by atomic mass is 19.4. The fraction of sp³-hybridized carbons (Fsp3) is 0.158. The second-order valence-corrected chi connectivity index (χ2v) is 5.82. The summed E-state index contributed by atoms with van der Waals surface area (Å²) in [5.74, 6) is -0.909. The largest absolute Gasteiger partial charge is 0.416 e. The minimum Gasteiger partial charge on any atom is -0.340 e. The van der Waals surface area contributed by atoms with Crippen molar-refractivity contribution in [3.8, 4) is 0 Å². The van der Waals surface area contributed by atoms with Crippen LogP contribution in [0.3, 0.4) is 0 Å². The average Bonchev–Trinajstić information content (AvgIpc) is 2.61. The zero-order chi connectivity index (χ0) is 18.9. The normalized spacial score (nSPS) is 16.8. The molecule has 4 nitrogen and oxygen atoms in total. The Morgan fingerprint density at radius 3 is 2.42 bits per heavy atom. The molecule has 0 aromatic heterocycles. The summed E-state index contributed by atoms with van der Waals surface area (Å²) < 4.78 is 38.4. The molecule has 0 saturated carbocycles. The highest BCUT2D eigenvalue weighted by Crippen LogP contribution is 2.36. The number of nitrogens with one attached hydrogen (secondary N) is 1.